The third-order valence-electron chi connectivity index (χ3n) is 7.61. The second kappa shape index (κ2) is 10.2. The van der Waals surface area contributed by atoms with Gasteiger partial charge in [0.1, 0.15) is 11.9 Å². The maximum atomic E-state index is 13.2. The Bertz CT molecular complexity index is 1190. The van der Waals surface area contributed by atoms with Gasteiger partial charge in [0.25, 0.3) is 0 Å². The van der Waals surface area contributed by atoms with Crippen LogP contribution in [0.2, 0.25) is 0 Å². The Morgan fingerprint density at radius 1 is 1.11 bits per heavy atom. The number of carbonyl (C=O) groups is 2. The lowest BCUT2D eigenvalue weighted by Crippen LogP contribution is -2.49. The molecule has 0 radical (unpaired) electrons. The van der Waals surface area contributed by atoms with Crippen LogP contribution < -0.4 is 10.6 Å². The SMILES string of the molecule is CN1C(CCC(=O)NCc2ccccc2)CNC(=O)C2C1CCN2Cc1nc2ccccc2n1C. The van der Waals surface area contributed by atoms with E-state index in [9.17, 15) is 9.59 Å². The Kier molecular flexibility index (Phi) is 6.83. The van der Waals surface area contributed by atoms with Gasteiger partial charge >= 0.3 is 0 Å². The third kappa shape index (κ3) is 4.94. The van der Waals surface area contributed by atoms with E-state index in [0.29, 0.717) is 32.5 Å². The summed E-state index contributed by atoms with van der Waals surface area (Å²) in [5.41, 5.74) is 3.18. The largest absolute Gasteiger partial charge is 0.353 e. The minimum absolute atomic E-state index is 0.0456. The molecule has 2 aliphatic rings. The average Bonchev–Trinajstić information content (AvgIpc) is 3.40. The Morgan fingerprint density at radius 3 is 2.69 bits per heavy atom. The fourth-order valence-electron chi connectivity index (χ4n) is 5.53. The molecule has 1 aromatic heterocycles. The van der Waals surface area contributed by atoms with Gasteiger partial charge in [-0.05, 0) is 37.6 Å². The number of nitrogens with zero attached hydrogens (tertiary/aromatic N) is 4. The smallest absolute Gasteiger partial charge is 0.239 e. The number of carbonyl (C=O) groups excluding carboxylic acids is 2. The van der Waals surface area contributed by atoms with Crippen LogP contribution in [0.4, 0.5) is 0 Å². The van der Waals surface area contributed by atoms with Gasteiger partial charge < -0.3 is 15.2 Å². The van der Waals surface area contributed by atoms with Crippen LogP contribution in [-0.2, 0) is 29.7 Å². The first-order chi connectivity index (χ1) is 17.0. The number of nitrogens with one attached hydrogen (secondary N) is 2. The van der Waals surface area contributed by atoms with E-state index in [1.807, 2.05) is 55.6 Å². The molecule has 8 nitrogen and oxygen atoms in total. The van der Waals surface area contributed by atoms with Gasteiger partial charge in [-0.15, -0.1) is 0 Å². The number of aryl methyl sites for hydroxylation is 1. The Morgan fingerprint density at radius 2 is 1.89 bits per heavy atom. The van der Waals surface area contributed by atoms with Crippen LogP contribution in [0.3, 0.4) is 0 Å². The summed E-state index contributed by atoms with van der Waals surface area (Å²) in [6.45, 7) is 2.59. The van der Waals surface area contributed by atoms with E-state index in [4.69, 9.17) is 4.98 Å². The molecular formula is C27H34N6O2. The summed E-state index contributed by atoms with van der Waals surface area (Å²) in [6, 6.07) is 18.1. The Balaban J connectivity index is 1.20. The highest BCUT2D eigenvalue weighted by Gasteiger charge is 2.45. The predicted molar refractivity (Wildman–Crippen MR) is 135 cm³/mol. The van der Waals surface area contributed by atoms with E-state index in [1.54, 1.807) is 0 Å². The number of hydrogen-bond donors (Lipinski definition) is 2. The fraction of sp³-hybridized carbons (Fsp3) is 0.444. The molecule has 0 spiro atoms. The molecular weight excluding hydrogens is 440 g/mol. The van der Waals surface area contributed by atoms with Gasteiger partial charge in [0.15, 0.2) is 0 Å². The normalized spacial score (nSPS) is 23.1. The van der Waals surface area contributed by atoms with Gasteiger partial charge in [0, 0.05) is 45.2 Å². The van der Waals surface area contributed by atoms with Crippen molar-refractivity contribution in [3.8, 4) is 0 Å². The molecule has 0 saturated carbocycles. The van der Waals surface area contributed by atoms with Gasteiger partial charge in [-0.1, -0.05) is 42.5 Å². The molecule has 2 aromatic carbocycles. The lowest BCUT2D eigenvalue weighted by atomic mass is 10.0. The van der Waals surface area contributed by atoms with Crippen molar-refractivity contribution in [3.63, 3.8) is 0 Å². The van der Waals surface area contributed by atoms with Crippen molar-refractivity contribution in [1.82, 2.24) is 30.0 Å². The monoisotopic (exact) mass is 474 g/mol. The van der Waals surface area contributed by atoms with Crippen LogP contribution in [0.25, 0.3) is 11.0 Å². The molecule has 2 amide bonds. The second-order valence-electron chi connectivity index (χ2n) is 9.71. The molecule has 184 valence electrons. The van der Waals surface area contributed by atoms with E-state index < -0.39 is 0 Å². The molecule has 5 rings (SSSR count). The van der Waals surface area contributed by atoms with E-state index in [1.165, 1.54) is 0 Å². The Hall–Kier alpha value is -3.23. The van der Waals surface area contributed by atoms with Gasteiger partial charge in [-0.25, -0.2) is 4.98 Å². The van der Waals surface area contributed by atoms with E-state index >= 15 is 0 Å². The average molecular weight is 475 g/mol. The minimum Gasteiger partial charge on any atom is -0.353 e. The quantitative estimate of drug-likeness (QED) is 0.548. The summed E-state index contributed by atoms with van der Waals surface area (Å²) in [6.07, 6.45) is 2.08. The predicted octanol–water partition coefficient (Wildman–Crippen LogP) is 2.04. The first kappa shape index (κ1) is 23.5. The van der Waals surface area contributed by atoms with Gasteiger partial charge in [0.05, 0.1) is 17.6 Å². The van der Waals surface area contributed by atoms with E-state index in [2.05, 4.69) is 38.1 Å². The van der Waals surface area contributed by atoms with E-state index in [-0.39, 0.29) is 29.9 Å². The zero-order valence-corrected chi connectivity index (χ0v) is 20.5. The molecule has 2 saturated heterocycles. The van der Waals surface area contributed by atoms with Crippen molar-refractivity contribution in [2.45, 2.75) is 50.5 Å². The first-order valence-corrected chi connectivity index (χ1v) is 12.5. The van der Waals surface area contributed by atoms with E-state index in [0.717, 1.165) is 35.4 Å². The topological polar surface area (TPSA) is 82.5 Å². The lowest BCUT2D eigenvalue weighted by Gasteiger charge is -2.33. The highest BCUT2D eigenvalue weighted by Crippen LogP contribution is 2.29. The Labute approximate surface area is 206 Å². The van der Waals surface area contributed by atoms with Crippen LogP contribution in [0.15, 0.2) is 54.6 Å². The van der Waals surface area contributed by atoms with Gasteiger partial charge in [0.2, 0.25) is 11.8 Å². The van der Waals surface area contributed by atoms with Crippen molar-refractivity contribution in [2.24, 2.45) is 7.05 Å². The molecule has 8 heteroatoms. The van der Waals surface area contributed by atoms with Crippen molar-refractivity contribution in [2.75, 3.05) is 20.1 Å². The number of likely N-dealkylation sites (N-methyl/N-ethyl adjacent to an activating group) is 1. The molecule has 35 heavy (non-hydrogen) atoms. The summed E-state index contributed by atoms with van der Waals surface area (Å²) in [7, 11) is 4.14. The first-order valence-electron chi connectivity index (χ1n) is 12.5. The highest BCUT2D eigenvalue weighted by molar-refractivity contribution is 5.83. The summed E-state index contributed by atoms with van der Waals surface area (Å²) >= 11 is 0. The summed E-state index contributed by atoms with van der Waals surface area (Å²) in [4.78, 5) is 35.0. The molecule has 0 aliphatic carbocycles. The number of rotatable bonds is 7. The number of benzene rings is 2. The number of likely N-dealkylation sites (tertiary alicyclic amines) is 1. The number of hydrogen-bond acceptors (Lipinski definition) is 5. The molecule has 3 heterocycles. The van der Waals surface area contributed by atoms with Crippen molar-refractivity contribution in [3.05, 3.63) is 66.0 Å². The second-order valence-corrected chi connectivity index (χ2v) is 9.71. The standard InChI is InChI=1S/C27H34N6O2/c1-31-20(12-13-25(34)28-16-19-8-4-3-5-9-19)17-29-27(35)26-23(31)14-15-33(26)18-24-30-21-10-6-7-11-22(21)32(24)2/h3-11,20,23,26H,12-18H2,1-2H3,(H,28,34)(H,29,35). The van der Waals surface area contributed by atoms with Crippen molar-refractivity contribution in [1.29, 1.82) is 0 Å². The summed E-state index contributed by atoms with van der Waals surface area (Å²) in [5, 5.41) is 6.17. The van der Waals surface area contributed by atoms with Crippen LogP contribution in [0, 0.1) is 0 Å². The van der Waals surface area contributed by atoms with Gasteiger partial charge in [-0.3, -0.25) is 19.4 Å². The zero-order valence-electron chi connectivity index (χ0n) is 20.5. The molecule has 0 bridgehead atoms. The van der Waals surface area contributed by atoms with Crippen LogP contribution in [-0.4, -0.2) is 69.4 Å². The van der Waals surface area contributed by atoms with Crippen LogP contribution in [0.1, 0.15) is 30.7 Å². The summed E-state index contributed by atoms with van der Waals surface area (Å²) < 4.78 is 2.12. The number of fused-ring (bicyclic) bond motifs is 2. The number of imidazole rings is 1. The molecule has 2 N–H and O–H groups in total. The minimum atomic E-state index is -0.211. The molecule has 3 aromatic rings. The van der Waals surface area contributed by atoms with Crippen LogP contribution in [0.5, 0.6) is 0 Å². The lowest BCUT2D eigenvalue weighted by molar-refractivity contribution is -0.126. The van der Waals surface area contributed by atoms with Crippen molar-refractivity contribution >= 4 is 22.8 Å². The summed E-state index contributed by atoms with van der Waals surface area (Å²) in [5.74, 6) is 1.09. The number of aromatic nitrogens is 2. The van der Waals surface area contributed by atoms with Crippen molar-refractivity contribution < 1.29 is 9.59 Å². The maximum Gasteiger partial charge on any atom is 0.239 e. The highest BCUT2D eigenvalue weighted by atomic mass is 16.2. The fourth-order valence-corrected chi connectivity index (χ4v) is 5.53. The molecule has 2 aliphatic heterocycles. The molecule has 2 fully saturated rings. The zero-order chi connectivity index (χ0) is 24.4. The molecule has 3 atom stereocenters. The number of para-hydroxylation sites is 2. The van der Waals surface area contributed by atoms with Crippen LogP contribution >= 0.6 is 0 Å². The maximum absolute atomic E-state index is 13.2. The molecule has 3 unspecified atom stereocenters. The van der Waals surface area contributed by atoms with Gasteiger partial charge in [-0.2, -0.15) is 0 Å². The number of amides is 2. The third-order valence-corrected chi connectivity index (χ3v) is 7.61.